The van der Waals surface area contributed by atoms with Gasteiger partial charge in [-0.3, -0.25) is 9.78 Å². The number of aromatic nitrogens is 2. The third-order valence-corrected chi connectivity index (χ3v) is 3.93. The Morgan fingerprint density at radius 3 is 2.92 bits per heavy atom. The van der Waals surface area contributed by atoms with Gasteiger partial charge >= 0.3 is 5.97 Å². The number of pyridine rings is 1. The molecule has 0 unspecified atom stereocenters. The maximum Gasteiger partial charge on any atom is 0.356 e. The van der Waals surface area contributed by atoms with Gasteiger partial charge in [0.25, 0.3) is 5.91 Å². The van der Waals surface area contributed by atoms with E-state index in [9.17, 15) is 9.59 Å². The summed E-state index contributed by atoms with van der Waals surface area (Å²) in [5, 5.41) is 2.68. The lowest BCUT2D eigenvalue weighted by atomic mass is 10.1. The van der Waals surface area contributed by atoms with Gasteiger partial charge in [-0.1, -0.05) is 6.07 Å². The zero-order chi connectivity index (χ0) is 18.5. The molecule has 3 heterocycles. The number of nitrogens with zero attached hydrogens (tertiary/aromatic N) is 2. The molecule has 8 heteroatoms. The van der Waals surface area contributed by atoms with Crippen molar-refractivity contribution >= 4 is 23.0 Å². The van der Waals surface area contributed by atoms with Crippen molar-refractivity contribution in [2.75, 3.05) is 20.3 Å². The number of furan rings is 1. The molecule has 0 saturated carbocycles. The van der Waals surface area contributed by atoms with Gasteiger partial charge in [0.1, 0.15) is 5.69 Å². The molecule has 0 spiro atoms. The molecule has 3 aromatic rings. The van der Waals surface area contributed by atoms with Gasteiger partial charge in [0.2, 0.25) is 6.10 Å². The number of carbonyl (C=O) groups is 2. The van der Waals surface area contributed by atoms with Crippen LogP contribution in [0.3, 0.4) is 0 Å². The van der Waals surface area contributed by atoms with E-state index < -0.39 is 18.0 Å². The number of hydrogen-bond donors (Lipinski definition) is 1. The van der Waals surface area contributed by atoms with Crippen LogP contribution in [0, 0.1) is 0 Å². The first-order valence-electron chi connectivity index (χ1n) is 8.02. The molecule has 0 aliphatic rings. The van der Waals surface area contributed by atoms with Crippen LogP contribution in [0.2, 0.25) is 0 Å². The highest BCUT2D eigenvalue weighted by Gasteiger charge is 2.27. The third kappa shape index (κ3) is 3.60. The first-order valence-corrected chi connectivity index (χ1v) is 8.02. The Morgan fingerprint density at radius 1 is 1.38 bits per heavy atom. The van der Waals surface area contributed by atoms with E-state index in [0.717, 1.165) is 5.52 Å². The van der Waals surface area contributed by atoms with E-state index in [4.69, 9.17) is 13.9 Å². The number of aryl methyl sites for hydroxylation is 1. The Morgan fingerprint density at radius 2 is 2.23 bits per heavy atom. The van der Waals surface area contributed by atoms with Crippen molar-refractivity contribution in [1.82, 2.24) is 14.9 Å². The highest BCUT2D eigenvalue weighted by Crippen LogP contribution is 2.23. The normalized spacial score (nSPS) is 12.1. The van der Waals surface area contributed by atoms with E-state index >= 15 is 0 Å². The minimum absolute atomic E-state index is 0.290. The SMILES string of the molecule is COCCNC(=O)[C@@H](OC(=O)c1cc2occc2n1C)c1cccnc1. The highest BCUT2D eigenvalue weighted by molar-refractivity contribution is 5.95. The van der Waals surface area contributed by atoms with Gasteiger partial charge in [-0.2, -0.15) is 0 Å². The van der Waals surface area contributed by atoms with Gasteiger partial charge in [-0.25, -0.2) is 4.79 Å². The standard InChI is InChI=1S/C18H19N3O5/c1-21-13-5-8-25-15(13)10-14(21)18(23)26-16(12-4-3-6-19-11-12)17(22)20-7-9-24-2/h3-6,8,10-11,16H,7,9H2,1-2H3,(H,20,22)/t16-/m0/s1. The number of rotatable bonds is 7. The van der Waals surface area contributed by atoms with Crippen LogP contribution in [0.15, 0.2) is 47.3 Å². The Hall–Kier alpha value is -3.13. The van der Waals surface area contributed by atoms with Crippen LogP contribution in [-0.2, 0) is 21.3 Å². The largest absolute Gasteiger partial charge is 0.463 e. The molecule has 0 aliphatic carbocycles. The fraction of sp³-hybridized carbons (Fsp3) is 0.278. The van der Waals surface area contributed by atoms with Gasteiger partial charge in [-0.15, -0.1) is 0 Å². The van der Waals surface area contributed by atoms with E-state index in [2.05, 4.69) is 10.3 Å². The number of carbonyl (C=O) groups excluding carboxylic acids is 2. The lowest BCUT2D eigenvalue weighted by Crippen LogP contribution is -2.34. The molecule has 1 atom stereocenters. The summed E-state index contributed by atoms with van der Waals surface area (Å²) in [6.07, 6.45) is 3.50. The first kappa shape index (κ1) is 17.7. The van der Waals surface area contributed by atoms with E-state index in [0.29, 0.717) is 24.3 Å². The predicted octanol–water partition coefficient (Wildman–Crippen LogP) is 1.83. The number of nitrogens with one attached hydrogen (secondary N) is 1. The summed E-state index contributed by atoms with van der Waals surface area (Å²) in [7, 11) is 3.27. The summed E-state index contributed by atoms with van der Waals surface area (Å²) in [5.74, 6) is -1.07. The average Bonchev–Trinajstić information content (AvgIpc) is 3.23. The van der Waals surface area contributed by atoms with Gasteiger partial charge in [0.15, 0.2) is 5.58 Å². The molecule has 0 aromatic carbocycles. The molecule has 0 saturated heterocycles. The number of hydrogen-bond acceptors (Lipinski definition) is 6. The molecule has 0 bridgehead atoms. The second-order valence-electron chi connectivity index (χ2n) is 5.61. The zero-order valence-corrected chi connectivity index (χ0v) is 14.5. The van der Waals surface area contributed by atoms with Crippen molar-refractivity contribution in [2.45, 2.75) is 6.10 Å². The summed E-state index contributed by atoms with van der Waals surface area (Å²) in [4.78, 5) is 29.1. The van der Waals surface area contributed by atoms with Gasteiger partial charge in [-0.05, 0) is 6.07 Å². The van der Waals surface area contributed by atoms with Gasteiger partial charge < -0.3 is 23.8 Å². The predicted molar refractivity (Wildman–Crippen MR) is 92.5 cm³/mol. The molecule has 1 N–H and O–H groups in total. The summed E-state index contributed by atoms with van der Waals surface area (Å²) in [6.45, 7) is 0.661. The lowest BCUT2D eigenvalue weighted by Gasteiger charge is -2.18. The summed E-state index contributed by atoms with van der Waals surface area (Å²) < 4.78 is 17.4. The van der Waals surface area contributed by atoms with E-state index in [1.807, 2.05) is 0 Å². The molecular weight excluding hydrogens is 338 g/mol. The van der Waals surface area contributed by atoms with E-state index in [1.165, 1.54) is 13.3 Å². The van der Waals surface area contributed by atoms with Crippen molar-refractivity contribution in [3.63, 3.8) is 0 Å². The van der Waals surface area contributed by atoms with E-state index in [-0.39, 0.29) is 5.69 Å². The average molecular weight is 357 g/mol. The second kappa shape index (κ2) is 7.83. The Kier molecular flexibility index (Phi) is 5.33. The Labute approximate surface area is 149 Å². The second-order valence-corrected chi connectivity index (χ2v) is 5.61. The molecule has 8 nitrogen and oxygen atoms in total. The van der Waals surface area contributed by atoms with E-state index in [1.54, 1.807) is 48.3 Å². The maximum atomic E-state index is 12.6. The molecule has 1 amide bonds. The number of ether oxygens (including phenoxy) is 2. The number of esters is 1. The number of fused-ring (bicyclic) bond motifs is 1. The van der Waals surface area contributed by atoms with Gasteiger partial charge in [0.05, 0.1) is 18.4 Å². The zero-order valence-electron chi connectivity index (χ0n) is 14.5. The fourth-order valence-electron chi connectivity index (χ4n) is 2.59. The molecule has 136 valence electrons. The Bertz CT molecular complexity index is 900. The molecule has 3 rings (SSSR count). The lowest BCUT2D eigenvalue weighted by molar-refractivity contribution is -0.130. The monoisotopic (exact) mass is 357 g/mol. The minimum Gasteiger partial charge on any atom is -0.463 e. The topological polar surface area (TPSA) is 95.6 Å². The maximum absolute atomic E-state index is 12.6. The number of amides is 1. The number of methoxy groups -OCH3 is 1. The van der Waals surface area contributed by atoms with Crippen molar-refractivity contribution in [2.24, 2.45) is 7.05 Å². The van der Waals surface area contributed by atoms with Crippen LogP contribution in [-0.4, -0.2) is 41.7 Å². The molecule has 3 aromatic heterocycles. The van der Waals surface area contributed by atoms with Crippen LogP contribution in [0.5, 0.6) is 0 Å². The minimum atomic E-state index is -1.12. The summed E-state index contributed by atoms with van der Waals surface area (Å²) >= 11 is 0. The van der Waals surface area contributed by atoms with Crippen molar-refractivity contribution in [3.05, 3.63) is 54.2 Å². The van der Waals surface area contributed by atoms with Crippen molar-refractivity contribution in [3.8, 4) is 0 Å². The summed E-state index contributed by atoms with van der Waals surface area (Å²) in [5.41, 5.74) is 2.10. The van der Waals surface area contributed by atoms with Crippen molar-refractivity contribution < 1.29 is 23.5 Å². The highest BCUT2D eigenvalue weighted by atomic mass is 16.5. The molecular formula is C18H19N3O5. The molecule has 0 radical (unpaired) electrons. The Balaban J connectivity index is 1.82. The molecule has 0 fully saturated rings. The van der Waals surface area contributed by atoms with Crippen LogP contribution in [0.1, 0.15) is 22.2 Å². The summed E-state index contributed by atoms with van der Waals surface area (Å²) in [6, 6.07) is 6.69. The van der Waals surface area contributed by atoms with Crippen LogP contribution in [0.25, 0.3) is 11.1 Å². The fourth-order valence-corrected chi connectivity index (χ4v) is 2.59. The quantitative estimate of drug-likeness (QED) is 0.512. The smallest absolute Gasteiger partial charge is 0.356 e. The van der Waals surface area contributed by atoms with Crippen molar-refractivity contribution in [1.29, 1.82) is 0 Å². The molecule has 0 aliphatic heterocycles. The molecule has 26 heavy (non-hydrogen) atoms. The van der Waals surface area contributed by atoms with Crippen LogP contribution >= 0.6 is 0 Å². The van der Waals surface area contributed by atoms with Gasteiger partial charge in [0, 0.05) is 50.8 Å². The van der Waals surface area contributed by atoms with Crippen LogP contribution in [0.4, 0.5) is 0 Å². The van der Waals surface area contributed by atoms with Crippen LogP contribution < -0.4 is 5.32 Å². The first-order chi connectivity index (χ1) is 12.6. The third-order valence-electron chi connectivity index (χ3n) is 3.93.